The van der Waals surface area contributed by atoms with Crippen LogP contribution in [0, 0.1) is 5.92 Å². The lowest BCUT2D eigenvalue weighted by Gasteiger charge is -2.30. The van der Waals surface area contributed by atoms with Gasteiger partial charge in [-0.3, -0.25) is 0 Å². The third kappa shape index (κ3) is 3.28. The third-order valence-electron chi connectivity index (χ3n) is 3.43. The van der Waals surface area contributed by atoms with Crippen molar-refractivity contribution in [3.05, 3.63) is 34.5 Å². The van der Waals surface area contributed by atoms with E-state index in [9.17, 15) is 13.2 Å². The van der Waals surface area contributed by atoms with Crippen molar-refractivity contribution >= 4 is 27.3 Å². The number of carboxylic acids is 1. The molecule has 1 aromatic rings. The Kier molecular flexibility index (Phi) is 4.62. The number of rotatable bonds is 5. The zero-order valence-electron chi connectivity index (χ0n) is 11.0. The molecule has 1 fully saturated rings. The van der Waals surface area contributed by atoms with Crippen LogP contribution in [0.5, 0.6) is 0 Å². The molecular formula is C13H17NO4S2. The first-order valence-corrected chi connectivity index (χ1v) is 8.83. The molecular weight excluding hydrogens is 298 g/mol. The van der Waals surface area contributed by atoms with Crippen molar-refractivity contribution in [1.82, 2.24) is 4.31 Å². The minimum atomic E-state index is -3.48. The molecule has 1 aromatic heterocycles. The number of hydrogen-bond donors (Lipinski definition) is 1. The highest BCUT2D eigenvalue weighted by Crippen LogP contribution is 2.24. The van der Waals surface area contributed by atoms with E-state index in [2.05, 4.69) is 6.58 Å². The summed E-state index contributed by atoms with van der Waals surface area (Å²) in [6, 6.07) is 1.57. The zero-order valence-corrected chi connectivity index (χ0v) is 12.6. The number of aromatic carboxylic acids is 1. The fraction of sp³-hybridized carbons (Fsp3) is 0.462. The number of nitrogens with zero attached hydrogens (tertiary/aromatic N) is 1. The Morgan fingerprint density at radius 3 is 3.00 bits per heavy atom. The molecule has 1 atom stereocenters. The molecule has 1 aliphatic heterocycles. The Balaban J connectivity index is 2.16. The minimum absolute atomic E-state index is 0.103. The molecule has 1 N–H and O–H groups in total. The summed E-state index contributed by atoms with van der Waals surface area (Å²) in [5.74, 6) is -1.14. The van der Waals surface area contributed by atoms with Crippen LogP contribution in [-0.4, -0.2) is 36.9 Å². The van der Waals surface area contributed by atoms with Gasteiger partial charge in [0.1, 0.15) is 4.88 Å². The van der Waals surface area contributed by atoms with E-state index in [-0.39, 0.29) is 16.5 Å². The number of thiophene rings is 1. The van der Waals surface area contributed by atoms with E-state index < -0.39 is 16.0 Å². The molecule has 0 aromatic carbocycles. The monoisotopic (exact) mass is 315 g/mol. The molecule has 0 spiro atoms. The Morgan fingerprint density at radius 2 is 2.35 bits per heavy atom. The predicted octanol–water partition coefficient (Wildman–Crippen LogP) is 2.17. The quantitative estimate of drug-likeness (QED) is 0.845. The first-order valence-electron chi connectivity index (χ1n) is 6.34. The van der Waals surface area contributed by atoms with E-state index in [0.717, 1.165) is 24.2 Å². The molecule has 2 rings (SSSR count). The number of carbonyl (C=O) groups is 1. The first kappa shape index (κ1) is 15.2. The molecule has 1 unspecified atom stereocenters. The summed E-state index contributed by atoms with van der Waals surface area (Å²) < 4.78 is 26.2. The maximum absolute atomic E-state index is 12.4. The normalized spacial score (nSPS) is 20.7. The second-order valence-corrected chi connectivity index (χ2v) is 7.72. The van der Waals surface area contributed by atoms with Crippen molar-refractivity contribution in [3.8, 4) is 0 Å². The Labute approximate surface area is 122 Å². The van der Waals surface area contributed by atoms with Gasteiger partial charge in [0.15, 0.2) is 0 Å². The van der Waals surface area contributed by atoms with Gasteiger partial charge in [0.05, 0.1) is 5.75 Å². The average molecular weight is 315 g/mol. The minimum Gasteiger partial charge on any atom is -0.477 e. The van der Waals surface area contributed by atoms with Gasteiger partial charge in [-0.1, -0.05) is 6.08 Å². The van der Waals surface area contributed by atoms with Crippen molar-refractivity contribution in [2.45, 2.75) is 18.6 Å². The first-order chi connectivity index (χ1) is 9.44. The second kappa shape index (κ2) is 6.07. The van der Waals surface area contributed by atoms with Crippen molar-refractivity contribution in [2.24, 2.45) is 5.92 Å². The Hall–Kier alpha value is -1.18. The molecule has 0 bridgehead atoms. The molecule has 2 heterocycles. The van der Waals surface area contributed by atoms with E-state index in [1.807, 2.05) is 0 Å². The van der Waals surface area contributed by atoms with Gasteiger partial charge in [-0.15, -0.1) is 17.9 Å². The van der Waals surface area contributed by atoms with E-state index >= 15 is 0 Å². The molecule has 0 radical (unpaired) electrons. The van der Waals surface area contributed by atoms with E-state index in [4.69, 9.17) is 5.11 Å². The second-order valence-electron chi connectivity index (χ2n) is 4.83. The van der Waals surface area contributed by atoms with Crippen LogP contribution in [0.25, 0.3) is 0 Å². The van der Waals surface area contributed by atoms with Gasteiger partial charge >= 0.3 is 5.97 Å². The van der Waals surface area contributed by atoms with Gasteiger partial charge in [0, 0.05) is 13.1 Å². The molecule has 20 heavy (non-hydrogen) atoms. The molecule has 7 heteroatoms. The van der Waals surface area contributed by atoms with Crippen molar-refractivity contribution < 1.29 is 18.3 Å². The molecule has 110 valence electrons. The van der Waals surface area contributed by atoms with Gasteiger partial charge in [-0.05, 0) is 35.8 Å². The fourth-order valence-electron chi connectivity index (χ4n) is 2.34. The maximum atomic E-state index is 12.4. The summed E-state index contributed by atoms with van der Waals surface area (Å²) in [5, 5.41) is 10.6. The van der Waals surface area contributed by atoms with E-state index in [1.165, 1.54) is 4.31 Å². The van der Waals surface area contributed by atoms with Crippen LogP contribution in [0.3, 0.4) is 0 Å². The average Bonchev–Trinajstić information content (AvgIpc) is 2.86. The summed E-state index contributed by atoms with van der Waals surface area (Å²) >= 11 is 1.05. The largest absolute Gasteiger partial charge is 0.477 e. The Bertz CT molecular complexity index is 606. The molecule has 1 aliphatic rings. The summed E-state index contributed by atoms with van der Waals surface area (Å²) in [5.41, 5.74) is 0.364. The lowest BCUT2D eigenvalue weighted by Crippen LogP contribution is -2.40. The Morgan fingerprint density at radius 1 is 1.60 bits per heavy atom. The topological polar surface area (TPSA) is 74.7 Å². The van der Waals surface area contributed by atoms with Crippen molar-refractivity contribution in [3.63, 3.8) is 0 Å². The van der Waals surface area contributed by atoms with Crippen molar-refractivity contribution in [2.75, 3.05) is 13.1 Å². The molecule has 0 aliphatic carbocycles. The summed E-state index contributed by atoms with van der Waals surface area (Å²) in [7, 11) is -3.48. The van der Waals surface area contributed by atoms with Crippen LogP contribution in [0.4, 0.5) is 0 Å². The van der Waals surface area contributed by atoms with E-state index in [1.54, 1.807) is 17.5 Å². The standard InChI is InChI=1S/C13H17NO4S2/c1-2-10-4-3-6-14(8-10)20(17,18)9-11-5-7-19-12(11)13(15)16/h2,5,7,10H,1,3-4,6,8-9H2,(H,15,16). The molecule has 1 saturated heterocycles. The van der Waals surface area contributed by atoms with Crippen molar-refractivity contribution in [1.29, 1.82) is 0 Å². The fourth-order valence-corrected chi connectivity index (χ4v) is 4.84. The SMILES string of the molecule is C=CC1CCCN(S(=O)(=O)Cc2ccsc2C(=O)O)C1. The van der Waals surface area contributed by atoms with Gasteiger partial charge in [0.2, 0.25) is 10.0 Å². The maximum Gasteiger partial charge on any atom is 0.346 e. The van der Waals surface area contributed by atoms with E-state index in [0.29, 0.717) is 18.7 Å². The smallest absolute Gasteiger partial charge is 0.346 e. The van der Waals surface area contributed by atoms with Gasteiger partial charge in [0.25, 0.3) is 0 Å². The zero-order chi connectivity index (χ0) is 14.8. The highest BCUT2D eigenvalue weighted by atomic mass is 32.2. The molecule has 0 saturated carbocycles. The van der Waals surface area contributed by atoms with Gasteiger partial charge < -0.3 is 5.11 Å². The summed E-state index contributed by atoms with van der Waals surface area (Å²) in [4.78, 5) is 11.1. The number of hydrogen-bond acceptors (Lipinski definition) is 4. The van der Waals surface area contributed by atoms with Gasteiger partial charge in [-0.2, -0.15) is 0 Å². The lowest BCUT2D eigenvalue weighted by molar-refractivity contribution is 0.0701. The molecule has 0 amide bonds. The lowest BCUT2D eigenvalue weighted by atomic mass is 10.0. The summed E-state index contributed by atoms with van der Waals surface area (Å²) in [6.45, 7) is 4.66. The van der Waals surface area contributed by atoms with Crippen LogP contribution in [0.2, 0.25) is 0 Å². The summed E-state index contributed by atoms with van der Waals surface area (Å²) in [6.07, 6.45) is 3.55. The van der Waals surface area contributed by atoms with Crippen LogP contribution in [0.15, 0.2) is 24.1 Å². The predicted molar refractivity (Wildman–Crippen MR) is 78.4 cm³/mol. The number of carboxylic acid groups (broad SMARTS) is 1. The number of piperidine rings is 1. The molecule has 5 nitrogen and oxygen atoms in total. The van der Waals surface area contributed by atoms with Crippen LogP contribution < -0.4 is 0 Å². The third-order valence-corrected chi connectivity index (χ3v) is 6.17. The highest BCUT2D eigenvalue weighted by Gasteiger charge is 2.29. The van der Waals surface area contributed by atoms with Gasteiger partial charge in [-0.25, -0.2) is 17.5 Å². The van der Waals surface area contributed by atoms with Crippen LogP contribution >= 0.6 is 11.3 Å². The van der Waals surface area contributed by atoms with Crippen LogP contribution in [0.1, 0.15) is 28.1 Å². The highest BCUT2D eigenvalue weighted by molar-refractivity contribution is 7.88. The van der Waals surface area contributed by atoms with Crippen LogP contribution in [-0.2, 0) is 15.8 Å². The number of sulfonamides is 1.